The van der Waals surface area contributed by atoms with Gasteiger partial charge in [-0.3, -0.25) is 9.89 Å². The van der Waals surface area contributed by atoms with E-state index in [1.165, 1.54) is 0 Å². The average molecular weight is 332 g/mol. The van der Waals surface area contributed by atoms with Gasteiger partial charge in [-0.25, -0.2) is 14.4 Å². The van der Waals surface area contributed by atoms with Crippen molar-refractivity contribution in [2.75, 3.05) is 25.0 Å². The molecule has 0 bridgehead atoms. The van der Waals surface area contributed by atoms with Gasteiger partial charge in [0, 0.05) is 19.2 Å². The second kappa shape index (κ2) is 5.82. The van der Waals surface area contributed by atoms with Crippen molar-refractivity contribution in [2.45, 2.75) is 24.5 Å². The van der Waals surface area contributed by atoms with Crippen LogP contribution in [-0.2, 0) is 4.74 Å². The number of rotatable bonds is 3. The van der Waals surface area contributed by atoms with E-state index in [4.69, 9.17) is 4.74 Å². The van der Waals surface area contributed by atoms with E-state index in [9.17, 15) is 9.18 Å². The van der Waals surface area contributed by atoms with Crippen LogP contribution in [0.3, 0.4) is 0 Å². The van der Waals surface area contributed by atoms with Crippen LogP contribution in [0.15, 0.2) is 24.7 Å². The van der Waals surface area contributed by atoms with Gasteiger partial charge in [-0.15, -0.1) is 0 Å². The largest absolute Gasteiger partial charge is 0.371 e. The molecule has 0 unspecified atom stereocenters. The highest BCUT2D eigenvalue weighted by molar-refractivity contribution is 5.92. The number of carbonyl (C=O) groups excluding carboxylic acids is 1. The normalized spacial score (nSPS) is 26.2. The number of aromatic amines is 1. The summed E-state index contributed by atoms with van der Waals surface area (Å²) in [5.74, 6) is -0.153. The van der Waals surface area contributed by atoms with Gasteiger partial charge >= 0.3 is 0 Å². The molecule has 0 saturated carbocycles. The summed E-state index contributed by atoms with van der Waals surface area (Å²) in [6.07, 6.45) is 5.35. The second-order valence-electron chi connectivity index (χ2n) is 6.21. The Bertz CT molecular complexity index is 722. The van der Waals surface area contributed by atoms with Gasteiger partial charge in [-0.1, -0.05) is 0 Å². The molecule has 4 heterocycles. The maximum Gasteiger partial charge on any atom is 0.271 e. The zero-order chi connectivity index (χ0) is 16.6. The minimum absolute atomic E-state index is 0.0395. The molecule has 2 atom stereocenters. The molecule has 2 N–H and O–H groups in total. The SMILES string of the molecule is O=C(c1ccn[nH]1)N1CC[C@]2(C[C@@H](Nc3ncc(F)cn3)CO2)C1. The van der Waals surface area contributed by atoms with Gasteiger partial charge in [0.25, 0.3) is 5.91 Å². The number of hydrogen-bond donors (Lipinski definition) is 2. The second-order valence-corrected chi connectivity index (χ2v) is 6.21. The zero-order valence-electron chi connectivity index (χ0n) is 12.9. The first kappa shape index (κ1) is 15.0. The number of halogens is 1. The van der Waals surface area contributed by atoms with E-state index in [1.807, 2.05) is 0 Å². The first-order chi connectivity index (χ1) is 11.6. The summed E-state index contributed by atoms with van der Waals surface area (Å²) >= 11 is 0. The smallest absolute Gasteiger partial charge is 0.271 e. The number of anilines is 1. The fourth-order valence-corrected chi connectivity index (χ4v) is 3.35. The lowest BCUT2D eigenvalue weighted by Gasteiger charge is -2.23. The minimum Gasteiger partial charge on any atom is -0.371 e. The van der Waals surface area contributed by atoms with E-state index >= 15 is 0 Å². The Balaban J connectivity index is 1.37. The monoisotopic (exact) mass is 332 g/mol. The van der Waals surface area contributed by atoms with Crippen LogP contribution in [-0.4, -0.2) is 62.3 Å². The van der Waals surface area contributed by atoms with Crippen LogP contribution in [0.2, 0.25) is 0 Å². The number of likely N-dealkylation sites (tertiary alicyclic amines) is 1. The molecule has 0 aromatic carbocycles. The van der Waals surface area contributed by atoms with Crippen molar-refractivity contribution >= 4 is 11.9 Å². The third-order valence-electron chi connectivity index (χ3n) is 4.50. The molecule has 2 saturated heterocycles. The molecule has 0 radical (unpaired) electrons. The van der Waals surface area contributed by atoms with E-state index in [-0.39, 0.29) is 17.6 Å². The van der Waals surface area contributed by atoms with Crippen LogP contribution in [0, 0.1) is 5.82 Å². The number of amides is 1. The molecule has 126 valence electrons. The molecule has 24 heavy (non-hydrogen) atoms. The summed E-state index contributed by atoms with van der Waals surface area (Å²) in [5.41, 5.74) is 0.146. The van der Waals surface area contributed by atoms with E-state index in [2.05, 4.69) is 25.5 Å². The molecule has 2 aromatic heterocycles. The summed E-state index contributed by atoms with van der Waals surface area (Å²) in [4.78, 5) is 22.0. The predicted molar refractivity (Wildman–Crippen MR) is 81.8 cm³/mol. The Kier molecular flexibility index (Phi) is 3.64. The molecule has 2 aliphatic heterocycles. The fourth-order valence-electron chi connectivity index (χ4n) is 3.35. The fraction of sp³-hybridized carbons (Fsp3) is 0.467. The number of nitrogens with zero attached hydrogens (tertiary/aromatic N) is 4. The molecule has 2 aliphatic rings. The van der Waals surface area contributed by atoms with Crippen LogP contribution in [0.1, 0.15) is 23.3 Å². The van der Waals surface area contributed by atoms with Crippen LogP contribution in [0.5, 0.6) is 0 Å². The van der Waals surface area contributed by atoms with E-state index < -0.39 is 5.82 Å². The van der Waals surface area contributed by atoms with Crippen LogP contribution < -0.4 is 5.32 Å². The molecular formula is C15H17FN6O2. The number of H-pyrrole nitrogens is 1. The van der Waals surface area contributed by atoms with E-state index in [0.29, 0.717) is 31.3 Å². The summed E-state index contributed by atoms with van der Waals surface area (Å²) in [7, 11) is 0. The Morgan fingerprint density at radius 1 is 1.46 bits per heavy atom. The van der Waals surface area contributed by atoms with Crippen LogP contribution in [0.25, 0.3) is 0 Å². The van der Waals surface area contributed by atoms with Crippen molar-refractivity contribution in [1.82, 2.24) is 25.1 Å². The molecule has 2 aromatic rings. The Morgan fingerprint density at radius 2 is 2.29 bits per heavy atom. The Morgan fingerprint density at radius 3 is 3.04 bits per heavy atom. The average Bonchev–Trinajstić information content (AvgIpc) is 3.32. The Hall–Kier alpha value is -2.55. The minimum atomic E-state index is -0.469. The standard InChI is InChI=1S/C15H17FN6O2/c16-10-6-17-14(18-7-10)20-11-5-15(24-8-11)2-4-22(9-15)13(23)12-1-3-19-21-12/h1,3,6-7,11H,2,4-5,8-9H2,(H,19,21)(H,17,18,20)/t11-,15+/m1/s1. The quantitative estimate of drug-likeness (QED) is 0.864. The maximum absolute atomic E-state index is 12.9. The highest BCUT2D eigenvalue weighted by Crippen LogP contribution is 2.36. The highest BCUT2D eigenvalue weighted by Gasteiger charge is 2.47. The number of ether oxygens (including phenoxy) is 1. The van der Waals surface area contributed by atoms with Gasteiger partial charge in [0.2, 0.25) is 5.95 Å². The summed E-state index contributed by atoms with van der Waals surface area (Å²) < 4.78 is 18.8. The van der Waals surface area contributed by atoms with Crippen molar-refractivity contribution in [3.05, 3.63) is 36.2 Å². The number of hydrogen-bond acceptors (Lipinski definition) is 6. The van der Waals surface area contributed by atoms with Crippen molar-refractivity contribution in [2.24, 2.45) is 0 Å². The Labute approximate surface area is 137 Å². The molecule has 8 nitrogen and oxygen atoms in total. The third-order valence-corrected chi connectivity index (χ3v) is 4.50. The van der Waals surface area contributed by atoms with Gasteiger partial charge in [-0.2, -0.15) is 5.10 Å². The number of carbonyl (C=O) groups is 1. The first-order valence-electron chi connectivity index (χ1n) is 7.80. The molecule has 1 spiro atoms. The third kappa shape index (κ3) is 2.82. The number of nitrogens with one attached hydrogen (secondary N) is 2. The maximum atomic E-state index is 12.9. The van der Waals surface area contributed by atoms with Gasteiger partial charge < -0.3 is 15.0 Å². The van der Waals surface area contributed by atoms with Gasteiger partial charge in [-0.05, 0) is 12.5 Å². The summed E-state index contributed by atoms with van der Waals surface area (Å²) in [6.45, 7) is 1.71. The lowest BCUT2D eigenvalue weighted by Crippen LogP contribution is -2.36. The molecule has 2 fully saturated rings. The van der Waals surface area contributed by atoms with Crippen molar-refractivity contribution in [1.29, 1.82) is 0 Å². The van der Waals surface area contributed by atoms with Crippen molar-refractivity contribution < 1.29 is 13.9 Å². The predicted octanol–water partition coefficient (Wildman–Crippen LogP) is 0.824. The van der Waals surface area contributed by atoms with E-state index in [0.717, 1.165) is 25.2 Å². The lowest BCUT2D eigenvalue weighted by atomic mass is 9.97. The molecule has 0 aliphatic carbocycles. The lowest BCUT2D eigenvalue weighted by molar-refractivity contribution is 0.0124. The summed E-state index contributed by atoms with van der Waals surface area (Å²) in [6, 6.07) is 1.71. The summed E-state index contributed by atoms with van der Waals surface area (Å²) in [5, 5.41) is 9.67. The van der Waals surface area contributed by atoms with E-state index in [1.54, 1.807) is 17.2 Å². The van der Waals surface area contributed by atoms with Crippen molar-refractivity contribution in [3.8, 4) is 0 Å². The van der Waals surface area contributed by atoms with Crippen LogP contribution in [0.4, 0.5) is 10.3 Å². The number of aromatic nitrogens is 4. The van der Waals surface area contributed by atoms with Gasteiger partial charge in [0.05, 0.1) is 37.2 Å². The van der Waals surface area contributed by atoms with Gasteiger partial charge in [0.1, 0.15) is 5.69 Å². The zero-order valence-corrected chi connectivity index (χ0v) is 12.9. The van der Waals surface area contributed by atoms with Crippen LogP contribution >= 0.6 is 0 Å². The molecular weight excluding hydrogens is 315 g/mol. The molecule has 4 rings (SSSR count). The molecule has 1 amide bonds. The topological polar surface area (TPSA) is 96.0 Å². The highest BCUT2D eigenvalue weighted by atomic mass is 19.1. The van der Waals surface area contributed by atoms with Crippen molar-refractivity contribution in [3.63, 3.8) is 0 Å². The van der Waals surface area contributed by atoms with Gasteiger partial charge in [0.15, 0.2) is 5.82 Å². The molecule has 9 heteroatoms. The first-order valence-corrected chi connectivity index (χ1v) is 7.80.